The number of hydrogen-bond acceptors (Lipinski definition) is 4. The van der Waals surface area contributed by atoms with Crippen LogP contribution in [-0.2, 0) is 9.59 Å². The number of nitrogens with one attached hydrogen (secondary N) is 3. The average Bonchev–Trinajstić information content (AvgIpc) is 2.60. The Labute approximate surface area is 145 Å². The Hall–Kier alpha value is -3.22. The van der Waals surface area contributed by atoms with Gasteiger partial charge >= 0.3 is 0 Å². The Balaban J connectivity index is 2.04. The Morgan fingerprint density at radius 2 is 1.80 bits per heavy atom. The highest BCUT2D eigenvalue weighted by molar-refractivity contribution is 6.04. The molecule has 1 aromatic heterocycles. The first-order valence-corrected chi connectivity index (χ1v) is 7.89. The molecule has 3 amide bonds. The summed E-state index contributed by atoms with van der Waals surface area (Å²) in [5.41, 5.74) is 1.51. The molecule has 0 radical (unpaired) electrons. The molecule has 0 saturated heterocycles. The van der Waals surface area contributed by atoms with E-state index in [2.05, 4.69) is 20.9 Å². The van der Waals surface area contributed by atoms with Crippen LogP contribution in [0.1, 0.15) is 30.6 Å². The lowest BCUT2D eigenvalue weighted by Gasteiger charge is -2.16. The maximum absolute atomic E-state index is 12.2. The summed E-state index contributed by atoms with van der Waals surface area (Å²) in [6, 6.07) is 9.52. The minimum absolute atomic E-state index is 0.264. The van der Waals surface area contributed by atoms with Gasteiger partial charge in [0, 0.05) is 30.7 Å². The van der Waals surface area contributed by atoms with Gasteiger partial charge in [-0.25, -0.2) is 0 Å². The van der Waals surface area contributed by atoms with Crippen LogP contribution in [0.4, 0.5) is 11.4 Å². The van der Waals surface area contributed by atoms with Gasteiger partial charge in [0.15, 0.2) is 0 Å². The van der Waals surface area contributed by atoms with Crippen LogP contribution in [0.5, 0.6) is 0 Å². The predicted molar refractivity (Wildman–Crippen MR) is 95.2 cm³/mol. The number of carbonyl (C=O) groups is 3. The van der Waals surface area contributed by atoms with Gasteiger partial charge in [0.05, 0.1) is 5.56 Å². The molecule has 0 spiro atoms. The first kappa shape index (κ1) is 18.1. The van der Waals surface area contributed by atoms with Crippen molar-refractivity contribution in [3.63, 3.8) is 0 Å². The molecule has 0 saturated carbocycles. The normalized spacial score (nSPS) is 11.3. The Morgan fingerprint density at radius 3 is 2.40 bits per heavy atom. The van der Waals surface area contributed by atoms with Crippen LogP contribution in [0.2, 0.25) is 0 Å². The third-order valence-corrected chi connectivity index (χ3v) is 3.41. The van der Waals surface area contributed by atoms with Crippen molar-refractivity contribution in [2.45, 2.75) is 26.3 Å². The third kappa shape index (κ3) is 5.42. The zero-order chi connectivity index (χ0) is 18.2. The molecule has 2 aromatic rings. The number of anilines is 2. The summed E-state index contributed by atoms with van der Waals surface area (Å²) in [4.78, 5) is 39.4. The standard InChI is InChI=1S/C18H20N4O3/c1-3-16(20-12(2)23)18(25)22-15-8-4-7-14(10-15)21-17(24)13-6-5-9-19-11-13/h4-11,16H,3H2,1-2H3,(H,20,23)(H,21,24)(H,22,25)/t16-/m1/s1. The number of amides is 3. The van der Waals surface area contributed by atoms with E-state index in [-0.39, 0.29) is 17.7 Å². The summed E-state index contributed by atoms with van der Waals surface area (Å²) in [7, 11) is 0. The van der Waals surface area contributed by atoms with E-state index < -0.39 is 6.04 Å². The van der Waals surface area contributed by atoms with Crippen LogP contribution in [0.3, 0.4) is 0 Å². The summed E-state index contributed by atoms with van der Waals surface area (Å²) < 4.78 is 0. The van der Waals surface area contributed by atoms with Crippen molar-refractivity contribution in [3.05, 3.63) is 54.4 Å². The van der Waals surface area contributed by atoms with Crippen LogP contribution >= 0.6 is 0 Å². The van der Waals surface area contributed by atoms with Gasteiger partial charge in [-0.1, -0.05) is 13.0 Å². The number of carbonyl (C=O) groups excluding carboxylic acids is 3. The maximum atomic E-state index is 12.2. The largest absolute Gasteiger partial charge is 0.345 e. The van der Waals surface area contributed by atoms with E-state index in [9.17, 15) is 14.4 Å². The van der Waals surface area contributed by atoms with Gasteiger partial charge in [-0.3, -0.25) is 19.4 Å². The molecule has 7 nitrogen and oxygen atoms in total. The molecule has 25 heavy (non-hydrogen) atoms. The van der Waals surface area contributed by atoms with Crippen LogP contribution in [0.15, 0.2) is 48.8 Å². The molecule has 7 heteroatoms. The van der Waals surface area contributed by atoms with Crippen molar-refractivity contribution in [2.75, 3.05) is 10.6 Å². The summed E-state index contributed by atoms with van der Waals surface area (Å²) in [5.74, 6) is -0.867. The topological polar surface area (TPSA) is 100 Å². The minimum atomic E-state index is -0.605. The molecule has 130 valence electrons. The molecule has 0 aliphatic heterocycles. The molecule has 1 atom stereocenters. The maximum Gasteiger partial charge on any atom is 0.257 e. The van der Waals surface area contributed by atoms with E-state index >= 15 is 0 Å². The van der Waals surface area contributed by atoms with Crippen LogP contribution in [-0.4, -0.2) is 28.7 Å². The lowest BCUT2D eigenvalue weighted by Crippen LogP contribution is -2.42. The molecule has 1 aromatic carbocycles. The van der Waals surface area contributed by atoms with Gasteiger partial charge < -0.3 is 16.0 Å². The van der Waals surface area contributed by atoms with Gasteiger partial charge in [-0.15, -0.1) is 0 Å². The van der Waals surface area contributed by atoms with Crippen molar-refractivity contribution in [1.82, 2.24) is 10.3 Å². The second-order valence-electron chi connectivity index (χ2n) is 5.43. The Bertz CT molecular complexity index is 762. The van der Waals surface area contributed by atoms with E-state index in [0.29, 0.717) is 23.4 Å². The van der Waals surface area contributed by atoms with E-state index in [4.69, 9.17) is 0 Å². The van der Waals surface area contributed by atoms with Crippen LogP contribution in [0.25, 0.3) is 0 Å². The van der Waals surface area contributed by atoms with Crippen molar-refractivity contribution >= 4 is 29.1 Å². The zero-order valence-electron chi connectivity index (χ0n) is 14.1. The highest BCUT2D eigenvalue weighted by Crippen LogP contribution is 2.16. The summed E-state index contributed by atoms with van der Waals surface area (Å²) in [6.45, 7) is 3.18. The van der Waals surface area contributed by atoms with Crippen molar-refractivity contribution in [1.29, 1.82) is 0 Å². The van der Waals surface area contributed by atoms with E-state index in [1.54, 1.807) is 42.6 Å². The molecule has 0 bridgehead atoms. The fraction of sp³-hybridized carbons (Fsp3) is 0.222. The molecular weight excluding hydrogens is 320 g/mol. The Kier molecular flexibility index (Phi) is 6.22. The summed E-state index contributed by atoms with van der Waals surface area (Å²) >= 11 is 0. The van der Waals surface area contributed by atoms with Crippen molar-refractivity contribution < 1.29 is 14.4 Å². The third-order valence-electron chi connectivity index (χ3n) is 3.41. The molecule has 0 aliphatic carbocycles. The molecule has 1 heterocycles. The summed E-state index contributed by atoms with van der Waals surface area (Å²) in [6.07, 6.45) is 3.54. The average molecular weight is 340 g/mol. The second-order valence-corrected chi connectivity index (χ2v) is 5.43. The summed E-state index contributed by atoms with van der Waals surface area (Å²) in [5, 5.41) is 8.07. The zero-order valence-corrected chi connectivity index (χ0v) is 14.1. The molecular formula is C18H20N4O3. The molecule has 0 unspecified atom stereocenters. The molecule has 0 aliphatic rings. The highest BCUT2D eigenvalue weighted by atomic mass is 16.2. The number of hydrogen-bond donors (Lipinski definition) is 3. The van der Waals surface area contributed by atoms with E-state index in [1.165, 1.54) is 13.1 Å². The van der Waals surface area contributed by atoms with E-state index in [1.807, 2.05) is 6.92 Å². The number of aromatic nitrogens is 1. The minimum Gasteiger partial charge on any atom is -0.345 e. The Morgan fingerprint density at radius 1 is 1.08 bits per heavy atom. The first-order chi connectivity index (χ1) is 12.0. The van der Waals surface area contributed by atoms with Gasteiger partial charge in [-0.05, 0) is 36.8 Å². The fourth-order valence-corrected chi connectivity index (χ4v) is 2.20. The fourth-order valence-electron chi connectivity index (χ4n) is 2.20. The van der Waals surface area contributed by atoms with Gasteiger partial charge in [0.2, 0.25) is 11.8 Å². The van der Waals surface area contributed by atoms with Gasteiger partial charge in [-0.2, -0.15) is 0 Å². The second kappa shape index (κ2) is 8.58. The number of pyridine rings is 1. The predicted octanol–water partition coefficient (Wildman–Crippen LogP) is 2.19. The molecule has 0 fully saturated rings. The quantitative estimate of drug-likeness (QED) is 0.750. The van der Waals surface area contributed by atoms with Gasteiger partial charge in [0.25, 0.3) is 5.91 Å². The number of benzene rings is 1. The van der Waals surface area contributed by atoms with Crippen LogP contribution < -0.4 is 16.0 Å². The molecule has 2 rings (SSSR count). The molecule has 3 N–H and O–H groups in total. The van der Waals surface area contributed by atoms with E-state index in [0.717, 1.165) is 0 Å². The van der Waals surface area contributed by atoms with Gasteiger partial charge in [0.1, 0.15) is 6.04 Å². The van der Waals surface area contributed by atoms with Crippen molar-refractivity contribution in [2.24, 2.45) is 0 Å². The first-order valence-electron chi connectivity index (χ1n) is 7.89. The number of nitrogens with zero attached hydrogens (tertiary/aromatic N) is 1. The highest BCUT2D eigenvalue weighted by Gasteiger charge is 2.17. The lowest BCUT2D eigenvalue weighted by molar-refractivity contribution is -0.125. The van der Waals surface area contributed by atoms with Crippen LogP contribution in [0, 0.1) is 0 Å². The van der Waals surface area contributed by atoms with Crippen molar-refractivity contribution in [3.8, 4) is 0 Å². The SMILES string of the molecule is CC[C@@H](NC(C)=O)C(=O)Nc1cccc(NC(=O)c2cccnc2)c1. The lowest BCUT2D eigenvalue weighted by atomic mass is 10.2. The smallest absolute Gasteiger partial charge is 0.257 e. The number of rotatable bonds is 6. The monoisotopic (exact) mass is 340 g/mol.